The van der Waals surface area contributed by atoms with E-state index in [-0.39, 0.29) is 11.6 Å². The maximum Gasteiger partial charge on any atom is 0.262 e. The molecule has 0 unspecified atom stereocenters. The van der Waals surface area contributed by atoms with Crippen LogP contribution in [0, 0.1) is 0 Å². The van der Waals surface area contributed by atoms with Crippen LogP contribution in [0.5, 0.6) is 11.5 Å². The van der Waals surface area contributed by atoms with Crippen molar-refractivity contribution in [2.45, 2.75) is 0 Å². The third kappa shape index (κ3) is 2.62. The molecule has 5 nitrogen and oxygen atoms in total. The summed E-state index contributed by atoms with van der Waals surface area (Å²) in [7, 11) is 1.55. The minimum atomic E-state index is 0.0538. The number of phenolic OH excluding ortho intramolecular Hbond substituents is 1. The summed E-state index contributed by atoms with van der Waals surface area (Å²) in [6.07, 6.45) is 0. The zero-order valence-electron chi connectivity index (χ0n) is 11.1. The molecule has 0 aliphatic heterocycles. The Morgan fingerprint density at radius 1 is 1.14 bits per heavy atom. The Labute approximate surface area is 129 Å². The predicted octanol–water partition coefficient (Wildman–Crippen LogP) is 3.88. The topological polar surface area (TPSA) is 68.4 Å². The second-order valence-electron chi connectivity index (χ2n) is 4.29. The number of benzene rings is 2. The predicted molar refractivity (Wildman–Crippen MR) is 81.1 cm³/mol. The number of aromatic nitrogens is 2. The van der Waals surface area contributed by atoms with Crippen LogP contribution in [0.25, 0.3) is 22.8 Å². The highest BCUT2D eigenvalue weighted by Crippen LogP contribution is 2.33. The molecule has 0 aliphatic carbocycles. The van der Waals surface area contributed by atoms with Crippen LogP contribution in [0.1, 0.15) is 0 Å². The van der Waals surface area contributed by atoms with Crippen LogP contribution >= 0.6 is 15.9 Å². The average molecular weight is 347 g/mol. The van der Waals surface area contributed by atoms with Crippen LogP contribution in [0.3, 0.4) is 0 Å². The van der Waals surface area contributed by atoms with E-state index in [1.54, 1.807) is 19.2 Å². The molecule has 0 radical (unpaired) electrons. The zero-order chi connectivity index (χ0) is 14.8. The summed E-state index contributed by atoms with van der Waals surface area (Å²) >= 11 is 3.44. The van der Waals surface area contributed by atoms with E-state index in [0.717, 1.165) is 10.0 Å². The highest BCUT2D eigenvalue weighted by molar-refractivity contribution is 9.10. The van der Waals surface area contributed by atoms with E-state index >= 15 is 0 Å². The first kappa shape index (κ1) is 13.6. The second-order valence-corrected chi connectivity index (χ2v) is 5.14. The minimum absolute atomic E-state index is 0.0538. The molecule has 106 valence electrons. The van der Waals surface area contributed by atoms with Crippen molar-refractivity contribution >= 4 is 15.9 Å². The van der Waals surface area contributed by atoms with Crippen molar-refractivity contribution in [3.05, 3.63) is 46.9 Å². The number of phenols is 1. The van der Waals surface area contributed by atoms with Gasteiger partial charge in [0.05, 0.1) is 12.7 Å². The number of nitrogens with zero attached hydrogens (tertiary/aromatic N) is 2. The van der Waals surface area contributed by atoms with E-state index in [4.69, 9.17) is 9.26 Å². The number of hydrogen-bond donors (Lipinski definition) is 1. The summed E-state index contributed by atoms with van der Waals surface area (Å²) in [6.45, 7) is 0. The molecule has 3 aromatic rings. The van der Waals surface area contributed by atoms with Gasteiger partial charge in [0.15, 0.2) is 0 Å². The Bertz CT molecular complexity index is 786. The first-order chi connectivity index (χ1) is 10.2. The monoisotopic (exact) mass is 346 g/mol. The lowest BCUT2D eigenvalue weighted by molar-refractivity contribution is 0.408. The fourth-order valence-electron chi connectivity index (χ4n) is 1.90. The molecule has 2 aromatic carbocycles. The normalized spacial score (nSPS) is 10.6. The van der Waals surface area contributed by atoms with Gasteiger partial charge in [0.1, 0.15) is 11.5 Å². The molecule has 1 heterocycles. The summed E-state index contributed by atoms with van der Waals surface area (Å²) in [4.78, 5) is 4.32. The number of hydrogen-bond acceptors (Lipinski definition) is 5. The Kier molecular flexibility index (Phi) is 3.62. The van der Waals surface area contributed by atoms with E-state index in [1.165, 1.54) is 6.07 Å². The third-order valence-electron chi connectivity index (χ3n) is 2.97. The van der Waals surface area contributed by atoms with Crippen LogP contribution in [0.15, 0.2) is 51.5 Å². The standard InChI is InChI=1S/C15H11BrN2O3/c1-20-9-6-7-13(19)11(8-9)15-17-14(18-21-15)10-4-2-3-5-12(10)16/h2-8,19H,1H3. The van der Waals surface area contributed by atoms with Crippen molar-refractivity contribution in [1.29, 1.82) is 0 Å². The Morgan fingerprint density at radius 2 is 1.95 bits per heavy atom. The van der Waals surface area contributed by atoms with Gasteiger partial charge in [0, 0.05) is 10.0 Å². The van der Waals surface area contributed by atoms with Gasteiger partial charge in [-0.25, -0.2) is 0 Å². The highest BCUT2D eigenvalue weighted by atomic mass is 79.9. The van der Waals surface area contributed by atoms with Gasteiger partial charge in [0.25, 0.3) is 5.89 Å². The lowest BCUT2D eigenvalue weighted by atomic mass is 10.2. The molecule has 0 atom stereocenters. The van der Waals surface area contributed by atoms with Gasteiger partial charge >= 0.3 is 0 Å². The second kappa shape index (κ2) is 5.57. The smallest absolute Gasteiger partial charge is 0.262 e. The van der Waals surface area contributed by atoms with Gasteiger partial charge < -0.3 is 14.4 Å². The zero-order valence-corrected chi connectivity index (χ0v) is 12.7. The van der Waals surface area contributed by atoms with E-state index < -0.39 is 0 Å². The van der Waals surface area contributed by atoms with Crippen molar-refractivity contribution in [2.24, 2.45) is 0 Å². The molecule has 0 saturated carbocycles. The minimum Gasteiger partial charge on any atom is -0.507 e. The molecule has 0 bridgehead atoms. The number of methoxy groups -OCH3 is 1. The lowest BCUT2D eigenvalue weighted by Gasteiger charge is -2.03. The van der Waals surface area contributed by atoms with Gasteiger partial charge in [0.2, 0.25) is 5.82 Å². The van der Waals surface area contributed by atoms with Crippen molar-refractivity contribution in [1.82, 2.24) is 10.1 Å². The summed E-state index contributed by atoms with van der Waals surface area (Å²) in [5.74, 6) is 1.33. The molecule has 1 N–H and O–H groups in total. The number of aromatic hydroxyl groups is 1. The number of ether oxygens (including phenoxy) is 1. The van der Waals surface area contributed by atoms with Crippen molar-refractivity contribution < 1.29 is 14.4 Å². The molecule has 0 fully saturated rings. The lowest BCUT2D eigenvalue weighted by Crippen LogP contribution is -1.86. The molecule has 0 amide bonds. The first-order valence-electron chi connectivity index (χ1n) is 6.15. The van der Waals surface area contributed by atoms with E-state index in [9.17, 15) is 5.11 Å². The van der Waals surface area contributed by atoms with E-state index in [2.05, 4.69) is 26.1 Å². The Balaban J connectivity index is 2.05. The molecule has 6 heteroatoms. The molecule has 3 rings (SSSR count). The fraction of sp³-hybridized carbons (Fsp3) is 0.0667. The average Bonchev–Trinajstić information content (AvgIpc) is 2.97. The first-order valence-corrected chi connectivity index (χ1v) is 6.94. The van der Waals surface area contributed by atoms with E-state index in [0.29, 0.717) is 17.1 Å². The van der Waals surface area contributed by atoms with E-state index in [1.807, 2.05) is 24.3 Å². The molecule has 0 spiro atoms. The SMILES string of the molecule is COc1ccc(O)c(-c2nc(-c3ccccc3Br)no2)c1. The van der Waals surface area contributed by atoms with Crippen molar-refractivity contribution in [2.75, 3.05) is 7.11 Å². The number of halogens is 1. The molecular weight excluding hydrogens is 336 g/mol. The maximum atomic E-state index is 9.93. The van der Waals surface area contributed by atoms with Crippen LogP contribution in [0.4, 0.5) is 0 Å². The summed E-state index contributed by atoms with van der Waals surface area (Å²) in [6, 6.07) is 12.4. The summed E-state index contributed by atoms with van der Waals surface area (Å²) in [5.41, 5.74) is 1.25. The van der Waals surface area contributed by atoms with Gasteiger partial charge in [-0.2, -0.15) is 4.98 Å². The molecule has 1 aromatic heterocycles. The Morgan fingerprint density at radius 3 is 2.71 bits per heavy atom. The Hall–Kier alpha value is -2.34. The molecule has 0 saturated heterocycles. The summed E-state index contributed by atoms with van der Waals surface area (Å²) < 4.78 is 11.2. The van der Waals surface area contributed by atoms with Crippen molar-refractivity contribution in [3.63, 3.8) is 0 Å². The largest absolute Gasteiger partial charge is 0.507 e. The quantitative estimate of drug-likeness (QED) is 0.779. The van der Waals surface area contributed by atoms with Gasteiger partial charge in [-0.3, -0.25) is 0 Å². The van der Waals surface area contributed by atoms with Gasteiger partial charge in [-0.1, -0.05) is 33.2 Å². The summed E-state index contributed by atoms with van der Waals surface area (Å²) in [5, 5.41) is 13.9. The van der Waals surface area contributed by atoms with Crippen LogP contribution < -0.4 is 4.74 Å². The third-order valence-corrected chi connectivity index (χ3v) is 3.67. The fourth-order valence-corrected chi connectivity index (χ4v) is 2.36. The van der Waals surface area contributed by atoms with Crippen LogP contribution in [0.2, 0.25) is 0 Å². The molecular formula is C15H11BrN2O3. The number of rotatable bonds is 3. The van der Waals surface area contributed by atoms with Gasteiger partial charge in [-0.15, -0.1) is 0 Å². The van der Waals surface area contributed by atoms with Crippen molar-refractivity contribution in [3.8, 4) is 34.3 Å². The van der Waals surface area contributed by atoms with Crippen LogP contribution in [-0.2, 0) is 0 Å². The highest BCUT2D eigenvalue weighted by Gasteiger charge is 2.16. The maximum absolute atomic E-state index is 9.93. The van der Waals surface area contributed by atoms with Gasteiger partial charge in [-0.05, 0) is 30.3 Å². The van der Waals surface area contributed by atoms with Crippen LogP contribution in [-0.4, -0.2) is 22.4 Å². The molecule has 21 heavy (non-hydrogen) atoms. The molecule has 0 aliphatic rings.